The summed E-state index contributed by atoms with van der Waals surface area (Å²) in [5.41, 5.74) is 6.53. The number of aromatic amines is 1. The topological polar surface area (TPSA) is 117 Å². The van der Waals surface area contributed by atoms with Crippen molar-refractivity contribution < 1.29 is 9.53 Å². The molecule has 0 unspecified atom stereocenters. The van der Waals surface area contributed by atoms with Crippen LogP contribution in [0.15, 0.2) is 33.9 Å². The molecule has 1 aromatic heterocycles. The van der Waals surface area contributed by atoms with E-state index in [-0.39, 0.29) is 24.0 Å². The van der Waals surface area contributed by atoms with Gasteiger partial charge in [0, 0.05) is 45.8 Å². The third kappa shape index (κ3) is 5.99. The fraction of sp³-hybridized carbons (Fsp3) is 0.542. The molecule has 1 saturated heterocycles. The van der Waals surface area contributed by atoms with Crippen molar-refractivity contribution in [2.75, 3.05) is 57.0 Å². The number of likely N-dealkylation sites (N-methyl/N-ethyl adjacent to an activating group) is 1. The van der Waals surface area contributed by atoms with Crippen molar-refractivity contribution >= 4 is 17.4 Å². The molecule has 0 spiro atoms. The summed E-state index contributed by atoms with van der Waals surface area (Å²) >= 11 is 0. The number of methoxy groups -OCH3 is 1. The normalized spacial score (nSPS) is 14.3. The number of amides is 1. The molecule has 10 heteroatoms. The van der Waals surface area contributed by atoms with Crippen LogP contribution in [-0.4, -0.2) is 71.6 Å². The Morgan fingerprint density at radius 2 is 1.79 bits per heavy atom. The Hall–Kier alpha value is -3.27. The summed E-state index contributed by atoms with van der Waals surface area (Å²) in [5, 5.41) is 0. The Morgan fingerprint density at radius 3 is 2.38 bits per heavy atom. The van der Waals surface area contributed by atoms with Crippen molar-refractivity contribution in [3.8, 4) is 5.75 Å². The summed E-state index contributed by atoms with van der Waals surface area (Å²) in [6.45, 7) is 8.36. The van der Waals surface area contributed by atoms with E-state index in [1.165, 1.54) is 10.1 Å². The van der Waals surface area contributed by atoms with Crippen molar-refractivity contribution in [1.82, 2.24) is 19.4 Å². The van der Waals surface area contributed by atoms with Gasteiger partial charge in [-0.1, -0.05) is 25.5 Å². The van der Waals surface area contributed by atoms with Gasteiger partial charge in [-0.3, -0.25) is 24.0 Å². The number of ether oxygens (including phenoxy) is 1. The van der Waals surface area contributed by atoms with Crippen molar-refractivity contribution in [3.05, 3.63) is 50.7 Å². The van der Waals surface area contributed by atoms with Crippen molar-refractivity contribution in [3.63, 3.8) is 0 Å². The van der Waals surface area contributed by atoms with E-state index < -0.39 is 11.2 Å². The highest BCUT2D eigenvalue weighted by atomic mass is 16.5. The number of carbonyl (C=O) groups excluding carboxylic acids is 1. The first-order valence-electron chi connectivity index (χ1n) is 11.9. The first-order valence-corrected chi connectivity index (χ1v) is 11.9. The minimum absolute atomic E-state index is 0.0360. The summed E-state index contributed by atoms with van der Waals surface area (Å²) in [6, 6.07) is 8.01. The maximum Gasteiger partial charge on any atom is 0.330 e. The predicted molar refractivity (Wildman–Crippen MR) is 133 cm³/mol. The lowest BCUT2D eigenvalue weighted by molar-refractivity contribution is -0.131. The zero-order valence-electron chi connectivity index (χ0n) is 20.4. The highest BCUT2D eigenvalue weighted by Gasteiger charge is 2.25. The smallest absolute Gasteiger partial charge is 0.330 e. The second-order valence-electron chi connectivity index (χ2n) is 8.52. The van der Waals surface area contributed by atoms with Gasteiger partial charge in [0.1, 0.15) is 17.3 Å². The molecule has 186 valence electrons. The van der Waals surface area contributed by atoms with Crippen LogP contribution in [-0.2, 0) is 17.9 Å². The van der Waals surface area contributed by atoms with Crippen molar-refractivity contribution in [1.29, 1.82) is 0 Å². The van der Waals surface area contributed by atoms with Crippen molar-refractivity contribution in [2.45, 2.75) is 39.8 Å². The highest BCUT2D eigenvalue weighted by Crippen LogP contribution is 2.18. The monoisotopic (exact) mass is 472 g/mol. The average Bonchev–Trinajstić information content (AvgIpc) is 2.84. The van der Waals surface area contributed by atoms with Crippen LogP contribution in [0.2, 0.25) is 0 Å². The van der Waals surface area contributed by atoms with Gasteiger partial charge < -0.3 is 20.3 Å². The molecule has 0 saturated carbocycles. The van der Waals surface area contributed by atoms with E-state index in [2.05, 4.69) is 22.0 Å². The Labute approximate surface area is 199 Å². The van der Waals surface area contributed by atoms with Crippen LogP contribution in [0.5, 0.6) is 5.75 Å². The van der Waals surface area contributed by atoms with E-state index in [9.17, 15) is 14.4 Å². The van der Waals surface area contributed by atoms with E-state index >= 15 is 0 Å². The third-order valence-electron chi connectivity index (χ3n) is 6.26. The molecule has 0 atom stereocenters. The zero-order valence-corrected chi connectivity index (χ0v) is 20.4. The van der Waals surface area contributed by atoms with Crippen LogP contribution in [0, 0.1) is 0 Å². The van der Waals surface area contributed by atoms with Crippen LogP contribution >= 0.6 is 0 Å². The predicted octanol–water partition coefficient (Wildman–Crippen LogP) is 1.10. The fourth-order valence-electron chi connectivity index (χ4n) is 4.18. The molecule has 1 amide bonds. The van der Waals surface area contributed by atoms with Gasteiger partial charge in [0.15, 0.2) is 0 Å². The number of benzene rings is 1. The fourth-order valence-corrected chi connectivity index (χ4v) is 4.18. The number of H-pyrrole nitrogens is 1. The molecule has 1 aliphatic heterocycles. The summed E-state index contributed by atoms with van der Waals surface area (Å²) in [7, 11) is 1.65. The molecular formula is C24H36N6O4. The number of hydrogen-bond acceptors (Lipinski definition) is 7. The Morgan fingerprint density at radius 1 is 1.12 bits per heavy atom. The van der Waals surface area contributed by atoms with Crippen LogP contribution < -0.4 is 26.6 Å². The van der Waals surface area contributed by atoms with Gasteiger partial charge in [0.05, 0.1) is 13.7 Å². The Kier molecular flexibility index (Phi) is 8.75. The molecule has 0 radical (unpaired) electrons. The SMILES string of the molecule is CCCCn1c(N)c(N(CC)CC(=O)N2CCN(Cc3ccc(OC)cc3)CC2)c(=O)[nH]c1=O. The van der Waals surface area contributed by atoms with E-state index in [0.29, 0.717) is 26.2 Å². The molecule has 0 aliphatic carbocycles. The standard InChI is InChI=1S/C24H36N6O4/c1-4-6-11-30-22(25)21(23(32)26-24(30)33)28(5-2)17-20(31)29-14-12-27(13-15-29)16-18-7-9-19(34-3)10-8-18/h7-10H,4-6,11-17,25H2,1-3H3,(H,26,32,33). The van der Waals surface area contributed by atoms with Crippen LogP contribution in [0.25, 0.3) is 0 Å². The van der Waals surface area contributed by atoms with E-state index in [1.807, 2.05) is 30.9 Å². The summed E-state index contributed by atoms with van der Waals surface area (Å²) in [5.74, 6) is 0.886. The second kappa shape index (κ2) is 11.7. The summed E-state index contributed by atoms with van der Waals surface area (Å²) in [4.78, 5) is 46.0. The maximum absolute atomic E-state index is 13.1. The van der Waals surface area contributed by atoms with Gasteiger partial charge >= 0.3 is 5.69 Å². The lowest BCUT2D eigenvalue weighted by Gasteiger charge is -2.36. The minimum Gasteiger partial charge on any atom is -0.497 e. The molecule has 3 N–H and O–H groups in total. The molecule has 2 heterocycles. The maximum atomic E-state index is 13.1. The minimum atomic E-state index is -0.561. The summed E-state index contributed by atoms with van der Waals surface area (Å²) in [6.07, 6.45) is 1.65. The second-order valence-corrected chi connectivity index (χ2v) is 8.52. The van der Waals surface area contributed by atoms with Crippen LogP contribution in [0.3, 0.4) is 0 Å². The third-order valence-corrected chi connectivity index (χ3v) is 6.26. The number of nitrogens with one attached hydrogen (secondary N) is 1. The summed E-state index contributed by atoms with van der Waals surface area (Å²) < 4.78 is 6.59. The number of carbonyl (C=O) groups is 1. The largest absolute Gasteiger partial charge is 0.497 e. The van der Waals surface area contributed by atoms with Gasteiger partial charge in [-0.15, -0.1) is 0 Å². The number of nitrogen functional groups attached to an aromatic ring is 1. The number of rotatable bonds is 10. The quantitative estimate of drug-likeness (QED) is 0.532. The number of unbranched alkanes of at least 4 members (excludes halogenated alkanes) is 1. The Balaban J connectivity index is 1.62. The average molecular weight is 473 g/mol. The highest BCUT2D eigenvalue weighted by molar-refractivity contribution is 5.82. The van der Waals surface area contributed by atoms with Gasteiger partial charge in [-0.05, 0) is 31.0 Å². The van der Waals surface area contributed by atoms with Crippen LogP contribution in [0.1, 0.15) is 32.3 Å². The molecule has 2 aromatic rings. The Bertz CT molecular complexity index is 1070. The van der Waals surface area contributed by atoms with Gasteiger partial charge in [0.25, 0.3) is 5.56 Å². The molecule has 1 aliphatic rings. The number of anilines is 2. The lowest BCUT2D eigenvalue weighted by Crippen LogP contribution is -2.51. The van der Waals surface area contributed by atoms with Gasteiger partial charge in [-0.25, -0.2) is 4.79 Å². The number of aromatic nitrogens is 2. The van der Waals surface area contributed by atoms with E-state index in [4.69, 9.17) is 10.5 Å². The number of nitrogens with zero attached hydrogens (tertiary/aromatic N) is 4. The lowest BCUT2D eigenvalue weighted by atomic mass is 10.2. The van der Waals surface area contributed by atoms with Crippen molar-refractivity contribution in [2.24, 2.45) is 0 Å². The molecule has 0 bridgehead atoms. The zero-order chi connectivity index (χ0) is 24.7. The first kappa shape index (κ1) is 25.4. The number of nitrogens with two attached hydrogens (primary N) is 1. The number of hydrogen-bond donors (Lipinski definition) is 2. The molecule has 1 aromatic carbocycles. The first-order chi connectivity index (χ1) is 16.4. The van der Waals surface area contributed by atoms with Gasteiger partial charge in [-0.2, -0.15) is 0 Å². The molecule has 10 nitrogen and oxygen atoms in total. The van der Waals surface area contributed by atoms with E-state index in [1.54, 1.807) is 12.0 Å². The van der Waals surface area contributed by atoms with Crippen LogP contribution in [0.4, 0.5) is 11.5 Å². The molecule has 1 fully saturated rings. The molecule has 3 rings (SSSR count). The van der Waals surface area contributed by atoms with Gasteiger partial charge in [0.2, 0.25) is 5.91 Å². The number of piperazine rings is 1. The van der Waals surface area contributed by atoms with E-state index in [0.717, 1.165) is 38.2 Å². The molecular weight excluding hydrogens is 436 g/mol. The molecule has 34 heavy (non-hydrogen) atoms.